The van der Waals surface area contributed by atoms with Crippen LogP contribution in [0.2, 0.25) is 0 Å². The predicted molar refractivity (Wildman–Crippen MR) is 91.8 cm³/mol. The van der Waals surface area contributed by atoms with Gasteiger partial charge in [0.1, 0.15) is 0 Å². The van der Waals surface area contributed by atoms with Crippen LogP contribution in [0.3, 0.4) is 0 Å². The highest BCUT2D eigenvalue weighted by molar-refractivity contribution is 5.79. The van der Waals surface area contributed by atoms with Crippen molar-refractivity contribution in [1.82, 2.24) is 19.4 Å². The first-order valence-electron chi connectivity index (χ1n) is 8.61. The average molecular weight is 327 g/mol. The molecule has 2 heterocycles. The largest absolute Gasteiger partial charge is 0.338 e. The van der Waals surface area contributed by atoms with Gasteiger partial charge in [-0.1, -0.05) is 6.07 Å². The fourth-order valence-corrected chi connectivity index (χ4v) is 3.34. The molecule has 2 aromatic rings. The maximum absolute atomic E-state index is 12.9. The van der Waals surface area contributed by atoms with Crippen LogP contribution in [0.1, 0.15) is 31.2 Å². The quantitative estimate of drug-likeness (QED) is 0.841. The van der Waals surface area contributed by atoms with Gasteiger partial charge in [0.05, 0.1) is 6.33 Å². The monoisotopic (exact) mass is 327 g/mol. The molecule has 2 atom stereocenters. The molecule has 6 heteroatoms. The van der Waals surface area contributed by atoms with Crippen LogP contribution in [0.5, 0.6) is 0 Å². The number of hydrogen-bond donors (Lipinski definition) is 1. The van der Waals surface area contributed by atoms with Gasteiger partial charge in [0.2, 0.25) is 5.91 Å². The van der Waals surface area contributed by atoms with Crippen LogP contribution < -0.4 is 5.73 Å². The van der Waals surface area contributed by atoms with Crippen molar-refractivity contribution in [3.8, 4) is 0 Å². The molecule has 0 spiro atoms. The molecule has 0 aromatic carbocycles. The van der Waals surface area contributed by atoms with Crippen molar-refractivity contribution in [1.29, 1.82) is 0 Å². The van der Waals surface area contributed by atoms with Crippen LogP contribution in [-0.4, -0.2) is 37.9 Å². The lowest BCUT2D eigenvalue weighted by molar-refractivity contribution is -0.136. The number of nitrogens with two attached hydrogens (primary N) is 1. The van der Waals surface area contributed by atoms with Crippen molar-refractivity contribution in [3.05, 3.63) is 48.8 Å². The van der Waals surface area contributed by atoms with E-state index in [0.717, 1.165) is 44.3 Å². The molecular weight excluding hydrogens is 302 g/mol. The van der Waals surface area contributed by atoms with Crippen LogP contribution in [-0.2, 0) is 17.9 Å². The van der Waals surface area contributed by atoms with Gasteiger partial charge in [0.25, 0.3) is 0 Å². The van der Waals surface area contributed by atoms with Gasteiger partial charge in [-0.25, -0.2) is 4.98 Å². The Balaban J connectivity index is 1.62. The molecule has 0 unspecified atom stereocenters. The zero-order valence-corrected chi connectivity index (χ0v) is 13.9. The third kappa shape index (κ3) is 4.41. The van der Waals surface area contributed by atoms with Crippen molar-refractivity contribution in [2.45, 2.75) is 44.8 Å². The number of aryl methyl sites for hydroxylation is 1. The van der Waals surface area contributed by atoms with E-state index in [1.54, 1.807) is 12.4 Å². The molecule has 0 saturated heterocycles. The molecule has 3 rings (SSSR count). The second-order valence-electron chi connectivity index (χ2n) is 6.55. The second-order valence-corrected chi connectivity index (χ2v) is 6.55. The number of amides is 1. The van der Waals surface area contributed by atoms with Gasteiger partial charge in [-0.15, -0.1) is 0 Å². The second kappa shape index (κ2) is 8.06. The Morgan fingerprint density at radius 2 is 2.25 bits per heavy atom. The SMILES string of the molecule is N[C@@H]1CC[C@H](C(=O)N(CCCn2ccnc2)Cc2cccnc2)C1. The molecule has 1 saturated carbocycles. The number of carbonyl (C=O) groups is 1. The lowest BCUT2D eigenvalue weighted by atomic mass is 10.1. The fourth-order valence-electron chi connectivity index (χ4n) is 3.34. The summed E-state index contributed by atoms with van der Waals surface area (Å²) in [5.74, 6) is 0.308. The third-order valence-corrected chi connectivity index (χ3v) is 4.63. The highest BCUT2D eigenvalue weighted by Crippen LogP contribution is 2.26. The van der Waals surface area contributed by atoms with E-state index in [9.17, 15) is 4.79 Å². The van der Waals surface area contributed by atoms with Crippen LogP contribution in [0.4, 0.5) is 0 Å². The standard InChI is InChI=1S/C18H25N5O/c19-17-5-4-16(11-17)18(24)23(13-15-3-1-6-20-12-15)9-2-8-22-10-7-21-14-22/h1,3,6-7,10,12,14,16-17H,2,4-5,8-9,11,13,19H2/t16-,17+/m0/s1. The number of nitrogens with zero attached hydrogens (tertiary/aromatic N) is 4. The predicted octanol–water partition coefficient (Wildman–Crippen LogP) is 1.82. The van der Waals surface area contributed by atoms with Crippen molar-refractivity contribution >= 4 is 5.91 Å². The Morgan fingerprint density at radius 1 is 1.33 bits per heavy atom. The first kappa shape index (κ1) is 16.6. The minimum Gasteiger partial charge on any atom is -0.338 e. The number of hydrogen-bond acceptors (Lipinski definition) is 4. The molecule has 0 radical (unpaired) electrons. The lowest BCUT2D eigenvalue weighted by Gasteiger charge is -2.26. The maximum Gasteiger partial charge on any atom is 0.226 e. The summed E-state index contributed by atoms with van der Waals surface area (Å²) < 4.78 is 2.04. The Morgan fingerprint density at radius 3 is 2.92 bits per heavy atom. The van der Waals surface area contributed by atoms with E-state index in [1.165, 1.54) is 0 Å². The zero-order chi connectivity index (χ0) is 16.8. The van der Waals surface area contributed by atoms with E-state index in [-0.39, 0.29) is 17.9 Å². The Hall–Kier alpha value is -2.21. The molecule has 0 bridgehead atoms. The fraction of sp³-hybridized carbons (Fsp3) is 0.500. The highest BCUT2D eigenvalue weighted by atomic mass is 16.2. The number of aromatic nitrogens is 3. The first-order chi connectivity index (χ1) is 11.7. The van der Waals surface area contributed by atoms with E-state index in [2.05, 4.69) is 9.97 Å². The van der Waals surface area contributed by atoms with Crippen LogP contribution >= 0.6 is 0 Å². The maximum atomic E-state index is 12.9. The molecule has 1 amide bonds. The van der Waals surface area contributed by atoms with Gasteiger partial charge >= 0.3 is 0 Å². The van der Waals surface area contributed by atoms with E-state index in [1.807, 2.05) is 40.3 Å². The molecule has 24 heavy (non-hydrogen) atoms. The number of carbonyl (C=O) groups excluding carboxylic acids is 1. The Kier molecular flexibility index (Phi) is 5.59. The lowest BCUT2D eigenvalue weighted by Crippen LogP contribution is -2.36. The van der Waals surface area contributed by atoms with Crippen LogP contribution in [0.25, 0.3) is 0 Å². The molecule has 1 aliphatic carbocycles. The molecule has 2 N–H and O–H groups in total. The smallest absolute Gasteiger partial charge is 0.226 e. The summed E-state index contributed by atoms with van der Waals surface area (Å²) in [4.78, 5) is 23.1. The topological polar surface area (TPSA) is 77.0 Å². The van der Waals surface area contributed by atoms with E-state index in [0.29, 0.717) is 6.54 Å². The average Bonchev–Trinajstić information content (AvgIpc) is 3.26. The molecule has 0 aliphatic heterocycles. The van der Waals surface area contributed by atoms with Gasteiger partial charge in [-0.3, -0.25) is 9.78 Å². The minimum atomic E-state index is 0.0740. The zero-order valence-electron chi connectivity index (χ0n) is 13.9. The van der Waals surface area contributed by atoms with E-state index in [4.69, 9.17) is 5.73 Å². The summed E-state index contributed by atoms with van der Waals surface area (Å²) in [6.07, 6.45) is 12.7. The summed E-state index contributed by atoms with van der Waals surface area (Å²) in [6, 6.07) is 4.10. The Labute approximate surface area is 142 Å². The summed E-state index contributed by atoms with van der Waals surface area (Å²) in [7, 11) is 0. The molecule has 6 nitrogen and oxygen atoms in total. The van der Waals surface area contributed by atoms with E-state index < -0.39 is 0 Å². The number of pyridine rings is 1. The number of imidazole rings is 1. The first-order valence-corrected chi connectivity index (χ1v) is 8.61. The molecular formula is C18H25N5O. The molecule has 128 valence electrons. The third-order valence-electron chi connectivity index (χ3n) is 4.63. The van der Waals surface area contributed by atoms with Gasteiger partial charge < -0.3 is 15.2 Å². The highest BCUT2D eigenvalue weighted by Gasteiger charge is 2.30. The van der Waals surface area contributed by atoms with Crippen LogP contribution in [0, 0.1) is 5.92 Å². The van der Waals surface area contributed by atoms with Crippen molar-refractivity contribution in [2.24, 2.45) is 11.7 Å². The Bertz CT molecular complexity index is 628. The summed E-state index contributed by atoms with van der Waals surface area (Å²) in [5, 5.41) is 0. The minimum absolute atomic E-state index is 0.0740. The van der Waals surface area contributed by atoms with Gasteiger partial charge in [-0.05, 0) is 37.3 Å². The van der Waals surface area contributed by atoms with E-state index >= 15 is 0 Å². The van der Waals surface area contributed by atoms with Gasteiger partial charge in [-0.2, -0.15) is 0 Å². The molecule has 1 aliphatic rings. The van der Waals surface area contributed by atoms with Crippen molar-refractivity contribution < 1.29 is 4.79 Å². The van der Waals surface area contributed by atoms with Gasteiger partial charge in [0, 0.05) is 56.4 Å². The summed E-state index contributed by atoms with van der Waals surface area (Å²) >= 11 is 0. The van der Waals surface area contributed by atoms with Crippen molar-refractivity contribution in [3.63, 3.8) is 0 Å². The molecule has 2 aromatic heterocycles. The van der Waals surface area contributed by atoms with Gasteiger partial charge in [0.15, 0.2) is 0 Å². The summed E-state index contributed by atoms with van der Waals surface area (Å²) in [5.41, 5.74) is 7.05. The number of rotatable bonds is 7. The normalized spacial score (nSPS) is 20.2. The van der Waals surface area contributed by atoms with Crippen molar-refractivity contribution in [2.75, 3.05) is 6.54 Å². The molecule has 1 fully saturated rings. The summed E-state index contributed by atoms with van der Waals surface area (Å²) in [6.45, 7) is 2.21. The van der Waals surface area contributed by atoms with Crippen LogP contribution in [0.15, 0.2) is 43.2 Å².